The Morgan fingerprint density at radius 3 is 2.09 bits per heavy atom. The maximum absolute atomic E-state index is 4.53. The molecular formula is C20H18N2. The third-order valence-corrected chi connectivity index (χ3v) is 3.47. The van der Waals surface area contributed by atoms with E-state index in [2.05, 4.69) is 29.4 Å². The first-order valence-electron chi connectivity index (χ1n) is 7.33. The zero-order chi connectivity index (χ0) is 15.2. The highest BCUT2D eigenvalue weighted by atomic mass is 14.9. The fourth-order valence-corrected chi connectivity index (χ4v) is 2.19. The summed E-state index contributed by atoms with van der Waals surface area (Å²) in [5.74, 6) is 0. The van der Waals surface area contributed by atoms with E-state index in [1.165, 1.54) is 5.56 Å². The van der Waals surface area contributed by atoms with Crippen molar-refractivity contribution >= 4 is 23.3 Å². The van der Waals surface area contributed by atoms with Crippen molar-refractivity contribution in [1.82, 2.24) is 0 Å². The molecule has 0 spiro atoms. The molecule has 0 aliphatic heterocycles. The zero-order valence-corrected chi connectivity index (χ0v) is 12.5. The summed E-state index contributed by atoms with van der Waals surface area (Å²) in [4.78, 5) is 4.53. The van der Waals surface area contributed by atoms with Crippen molar-refractivity contribution in [3.63, 3.8) is 0 Å². The molecule has 1 N–H and O–H groups in total. The molecular weight excluding hydrogens is 268 g/mol. The third kappa shape index (κ3) is 3.61. The Balaban J connectivity index is 1.71. The van der Waals surface area contributed by atoms with Crippen LogP contribution in [0.3, 0.4) is 0 Å². The minimum Gasteiger partial charge on any atom is -0.356 e. The van der Waals surface area contributed by atoms with Crippen LogP contribution in [0.5, 0.6) is 0 Å². The third-order valence-electron chi connectivity index (χ3n) is 3.47. The van der Waals surface area contributed by atoms with Crippen molar-refractivity contribution < 1.29 is 0 Å². The second-order valence-electron chi connectivity index (χ2n) is 5.15. The van der Waals surface area contributed by atoms with Gasteiger partial charge in [0.1, 0.15) is 0 Å². The highest BCUT2D eigenvalue weighted by Crippen LogP contribution is 2.20. The summed E-state index contributed by atoms with van der Waals surface area (Å²) in [6, 6.07) is 26.5. The van der Waals surface area contributed by atoms with Crippen molar-refractivity contribution in [3.8, 4) is 0 Å². The molecule has 22 heavy (non-hydrogen) atoms. The van der Waals surface area contributed by atoms with Crippen LogP contribution < -0.4 is 5.32 Å². The summed E-state index contributed by atoms with van der Waals surface area (Å²) in [5, 5.41) is 3.36. The minimum absolute atomic E-state index is 0.946. The summed E-state index contributed by atoms with van der Waals surface area (Å²) >= 11 is 0. The average molecular weight is 286 g/mol. The molecule has 3 aromatic rings. The van der Waals surface area contributed by atoms with Crippen LogP contribution in [0.25, 0.3) is 0 Å². The van der Waals surface area contributed by atoms with E-state index in [4.69, 9.17) is 0 Å². The number of hydrogen-bond acceptors (Lipinski definition) is 2. The molecule has 0 aliphatic carbocycles. The zero-order valence-electron chi connectivity index (χ0n) is 12.5. The van der Waals surface area contributed by atoms with Crippen LogP contribution in [0.2, 0.25) is 0 Å². The molecule has 0 radical (unpaired) electrons. The normalized spacial score (nSPS) is 10.8. The minimum atomic E-state index is 0.946. The van der Waals surface area contributed by atoms with Crippen LogP contribution in [0, 0.1) is 6.92 Å². The van der Waals surface area contributed by atoms with Crippen LogP contribution >= 0.6 is 0 Å². The van der Waals surface area contributed by atoms with Gasteiger partial charge in [-0.1, -0.05) is 42.5 Å². The summed E-state index contributed by atoms with van der Waals surface area (Å²) in [7, 11) is 0. The molecule has 0 saturated carbocycles. The molecule has 0 unspecified atom stereocenters. The lowest BCUT2D eigenvalue weighted by Crippen LogP contribution is -1.88. The quantitative estimate of drug-likeness (QED) is 0.630. The molecule has 0 atom stereocenters. The van der Waals surface area contributed by atoms with Gasteiger partial charge in [0.05, 0.1) is 5.69 Å². The predicted molar refractivity (Wildman–Crippen MR) is 94.6 cm³/mol. The van der Waals surface area contributed by atoms with Gasteiger partial charge in [-0.25, -0.2) is 0 Å². The van der Waals surface area contributed by atoms with Gasteiger partial charge in [-0.15, -0.1) is 0 Å². The average Bonchev–Trinajstić information content (AvgIpc) is 2.56. The van der Waals surface area contributed by atoms with E-state index in [1.54, 1.807) is 0 Å². The molecule has 3 rings (SSSR count). The van der Waals surface area contributed by atoms with Crippen molar-refractivity contribution in [2.75, 3.05) is 5.32 Å². The van der Waals surface area contributed by atoms with Gasteiger partial charge in [0.25, 0.3) is 0 Å². The molecule has 2 heteroatoms. The Morgan fingerprint density at radius 2 is 1.36 bits per heavy atom. The van der Waals surface area contributed by atoms with E-state index in [-0.39, 0.29) is 0 Å². The number of para-hydroxylation sites is 1. The standard InChI is InChI=1S/C20H18N2/c1-16-7-5-6-8-17(16)15-21-18-11-13-20(14-12-18)22-19-9-3-2-4-10-19/h2-15,22H,1H3. The fraction of sp³-hybridized carbons (Fsp3) is 0.0500. The number of benzene rings is 3. The second-order valence-corrected chi connectivity index (χ2v) is 5.15. The van der Waals surface area contributed by atoms with Gasteiger partial charge in [-0.3, -0.25) is 4.99 Å². The van der Waals surface area contributed by atoms with Crippen molar-refractivity contribution in [2.24, 2.45) is 4.99 Å². The molecule has 0 saturated heterocycles. The van der Waals surface area contributed by atoms with Gasteiger partial charge in [0, 0.05) is 17.6 Å². The maximum Gasteiger partial charge on any atom is 0.0631 e. The fourth-order valence-electron chi connectivity index (χ4n) is 2.19. The Hall–Kier alpha value is -2.87. The van der Waals surface area contributed by atoms with E-state index < -0.39 is 0 Å². The van der Waals surface area contributed by atoms with Gasteiger partial charge >= 0.3 is 0 Å². The Labute approximate surface area is 131 Å². The second kappa shape index (κ2) is 6.72. The molecule has 0 fully saturated rings. The molecule has 0 amide bonds. The molecule has 0 bridgehead atoms. The van der Waals surface area contributed by atoms with E-state index in [1.807, 2.05) is 72.9 Å². The molecule has 2 nitrogen and oxygen atoms in total. The molecule has 0 aromatic heterocycles. The van der Waals surface area contributed by atoms with Gasteiger partial charge in [-0.05, 0) is 54.4 Å². The lowest BCUT2D eigenvalue weighted by molar-refractivity contribution is 1.44. The van der Waals surface area contributed by atoms with Crippen molar-refractivity contribution in [2.45, 2.75) is 6.92 Å². The number of rotatable bonds is 4. The number of aliphatic imine (C=N–C) groups is 1. The van der Waals surface area contributed by atoms with Crippen LogP contribution in [0.15, 0.2) is 83.9 Å². The highest BCUT2D eigenvalue weighted by molar-refractivity contribution is 5.83. The van der Waals surface area contributed by atoms with Crippen LogP contribution in [-0.4, -0.2) is 6.21 Å². The van der Waals surface area contributed by atoms with E-state index in [9.17, 15) is 0 Å². The lowest BCUT2D eigenvalue weighted by atomic mass is 10.1. The van der Waals surface area contributed by atoms with Crippen LogP contribution in [0.4, 0.5) is 17.1 Å². The first-order chi connectivity index (χ1) is 10.8. The molecule has 3 aromatic carbocycles. The van der Waals surface area contributed by atoms with Gasteiger partial charge in [0.15, 0.2) is 0 Å². The number of anilines is 2. The van der Waals surface area contributed by atoms with E-state index in [0.29, 0.717) is 0 Å². The number of nitrogens with zero attached hydrogens (tertiary/aromatic N) is 1. The Kier molecular flexibility index (Phi) is 4.30. The number of hydrogen-bond donors (Lipinski definition) is 1. The van der Waals surface area contributed by atoms with Gasteiger partial charge < -0.3 is 5.32 Å². The predicted octanol–water partition coefficient (Wildman–Crippen LogP) is 5.49. The smallest absolute Gasteiger partial charge is 0.0631 e. The van der Waals surface area contributed by atoms with E-state index in [0.717, 1.165) is 22.6 Å². The summed E-state index contributed by atoms with van der Waals surface area (Å²) < 4.78 is 0. The monoisotopic (exact) mass is 286 g/mol. The summed E-state index contributed by atoms with van der Waals surface area (Å²) in [5.41, 5.74) is 5.46. The highest BCUT2D eigenvalue weighted by Gasteiger charge is 1.95. The van der Waals surface area contributed by atoms with E-state index >= 15 is 0 Å². The molecule has 0 aliphatic rings. The maximum atomic E-state index is 4.53. The SMILES string of the molecule is Cc1ccccc1C=Nc1ccc(Nc2ccccc2)cc1. The van der Waals surface area contributed by atoms with Crippen molar-refractivity contribution in [1.29, 1.82) is 0 Å². The topological polar surface area (TPSA) is 24.4 Å². The number of nitrogens with one attached hydrogen (secondary N) is 1. The first-order valence-corrected chi connectivity index (χ1v) is 7.33. The Bertz CT molecular complexity index is 759. The van der Waals surface area contributed by atoms with Gasteiger partial charge in [0.2, 0.25) is 0 Å². The van der Waals surface area contributed by atoms with Gasteiger partial charge in [-0.2, -0.15) is 0 Å². The summed E-state index contributed by atoms with van der Waals surface area (Å²) in [6.07, 6.45) is 1.91. The largest absolute Gasteiger partial charge is 0.356 e. The lowest BCUT2D eigenvalue weighted by Gasteiger charge is -2.06. The molecule has 108 valence electrons. The van der Waals surface area contributed by atoms with Crippen molar-refractivity contribution in [3.05, 3.63) is 90.0 Å². The summed E-state index contributed by atoms with van der Waals surface area (Å²) in [6.45, 7) is 2.09. The first kappa shape index (κ1) is 14.1. The number of aryl methyl sites for hydroxylation is 1. The van der Waals surface area contributed by atoms with Crippen LogP contribution in [0.1, 0.15) is 11.1 Å². The Morgan fingerprint density at radius 1 is 0.727 bits per heavy atom. The van der Waals surface area contributed by atoms with Crippen LogP contribution in [-0.2, 0) is 0 Å². The molecule has 0 heterocycles.